The highest BCUT2D eigenvalue weighted by Gasteiger charge is 2.35. The van der Waals surface area contributed by atoms with Gasteiger partial charge in [-0.15, -0.1) is 0 Å². The number of hydrogen-bond donors (Lipinski definition) is 1. The van der Waals surface area contributed by atoms with E-state index in [2.05, 4.69) is 42.5 Å². The molecule has 1 aliphatic rings. The van der Waals surface area contributed by atoms with Crippen LogP contribution >= 0.6 is 0 Å². The predicted molar refractivity (Wildman–Crippen MR) is 84.9 cm³/mol. The molecule has 0 radical (unpaired) electrons. The molecule has 1 N–H and O–H groups in total. The third kappa shape index (κ3) is 3.22. The number of allylic oxidation sites excluding steroid dienone is 1. The highest BCUT2D eigenvalue weighted by molar-refractivity contribution is 5.82. The lowest BCUT2D eigenvalue weighted by molar-refractivity contribution is 0.469. The third-order valence-corrected chi connectivity index (χ3v) is 4.50. The fraction of sp³-hybridized carbons (Fsp3) is 0.368. The van der Waals surface area contributed by atoms with Crippen LogP contribution in [0.25, 0.3) is 10.8 Å². The van der Waals surface area contributed by atoms with Gasteiger partial charge >= 0.3 is 0 Å². The van der Waals surface area contributed by atoms with Crippen LogP contribution < -0.4 is 0 Å². The molecule has 1 saturated carbocycles. The van der Waals surface area contributed by atoms with Crippen LogP contribution in [0.4, 0.5) is 0 Å². The van der Waals surface area contributed by atoms with Crippen LogP contribution in [0.5, 0.6) is 0 Å². The van der Waals surface area contributed by atoms with Gasteiger partial charge < -0.3 is 5.11 Å². The summed E-state index contributed by atoms with van der Waals surface area (Å²) in [5.41, 5.74) is 1.46. The largest absolute Gasteiger partial charge is 0.516 e. The Hall–Kier alpha value is -1.76. The van der Waals surface area contributed by atoms with Crippen molar-refractivity contribution in [3.05, 3.63) is 60.4 Å². The molecule has 0 aromatic heterocycles. The Labute approximate surface area is 120 Å². The summed E-state index contributed by atoms with van der Waals surface area (Å²) in [5, 5.41) is 11.3. The Morgan fingerprint density at radius 2 is 1.80 bits per heavy atom. The van der Waals surface area contributed by atoms with E-state index in [4.69, 9.17) is 5.11 Å². The lowest BCUT2D eigenvalue weighted by Crippen LogP contribution is -1.89. The Balaban J connectivity index is 1.51. The van der Waals surface area contributed by atoms with Crippen molar-refractivity contribution in [2.45, 2.75) is 32.1 Å². The first-order valence-corrected chi connectivity index (χ1v) is 7.64. The third-order valence-electron chi connectivity index (χ3n) is 4.50. The molecule has 104 valence electrons. The predicted octanol–water partition coefficient (Wildman–Crippen LogP) is 5.26. The molecule has 0 aliphatic heterocycles. The standard InChI is InChI=1S/C19H22O/c20-12-4-3-7-18-14-19(18)11-9-15-8-10-16-5-1-2-6-17(16)13-15/h1-2,4-6,8,10,12-13,18-20H,3,7,9,11,14H2. The van der Waals surface area contributed by atoms with Gasteiger partial charge in [-0.3, -0.25) is 0 Å². The molecule has 0 heterocycles. The van der Waals surface area contributed by atoms with E-state index in [-0.39, 0.29) is 0 Å². The topological polar surface area (TPSA) is 20.2 Å². The molecule has 0 amide bonds. The lowest BCUT2D eigenvalue weighted by atomic mass is 10.0. The number of aliphatic hydroxyl groups excluding tert-OH is 1. The molecule has 0 spiro atoms. The van der Waals surface area contributed by atoms with Crippen molar-refractivity contribution >= 4 is 10.8 Å². The molecule has 1 heteroatoms. The lowest BCUT2D eigenvalue weighted by Gasteiger charge is -2.04. The number of hydrogen-bond acceptors (Lipinski definition) is 1. The van der Waals surface area contributed by atoms with Gasteiger partial charge in [-0.05, 0) is 60.3 Å². The van der Waals surface area contributed by atoms with E-state index in [1.54, 1.807) is 0 Å². The number of aryl methyl sites for hydroxylation is 1. The van der Waals surface area contributed by atoms with Gasteiger partial charge in [0, 0.05) is 0 Å². The minimum Gasteiger partial charge on any atom is -0.516 e. The quantitative estimate of drug-likeness (QED) is 0.707. The fourth-order valence-corrected chi connectivity index (χ4v) is 3.15. The number of aliphatic hydroxyl groups is 1. The van der Waals surface area contributed by atoms with Crippen molar-refractivity contribution in [3.8, 4) is 0 Å². The van der Waals surface area contributed by atoms with E-state index < -0.39 is 0 Å². The van der Waals surface area contributed by atoms with E-state index in [0.29, 0.717) is 0 Å². The zero-order chi connectivity index (χ0) is 13.8. The maximum absolute atomic E-state index is 8.62. The van der Waals surface area contributed by atoms with Gasteiger partial charge in [0.05, 0.1) is 6.26 Å². The highest BCUT2D eigenvalue weighted by atomic mass is 16.2. The first kappa shape index (κ1) is 13.2. The molecule has 0 bridgehead atoms. The second-order valence-electron chi connectivity index (χ2n) is 5.94. The molecular formula is C19H22O. The summed E-state index contributed by atoms with van der Waals surface area (Å²) >= 11 is 0. The van der Waals surface area contributed by atoms with Crippen LogP contribution in [0.1, 0.15) is 31.2 Å². The van der Waals surface area contributed by atoms with Crippen LogP contribution in [0, 0.1) is 11.8 Å². The summed E-state index contributed by atoms with van der Waals surface area (Å²) in [7, 11) is 0. The van der Waals surface area contributed by atoms with Crippen molar-refractivity contribution in [2.75, 3.05) is 0 Å². The van der Waals surface area contributed by atoms with Crippen molar-refractivity contribution in [3.63, 3.8) is 0 Å². The number of fused-ring (bicyclic) bond motifs is 1. The zero-order valence-electron chi connectivity index (χ0n) is 11.8. The summed E-state index contributed by atoms with van der Waals surface area (Å²) in [4.78, 5) is 0. The second kappa shape index (κ2) is 6.13. The molecule has 2 aromatic carbocycles. The summed E-state index contributed by atoms with van der Waals surface area (Å²) in [6.45, 7) is 0. The van der Waals surface area contributed by atoms with Crippen LogP contribution in [-0.4, -0.2) is 5.11 Å². The first-order valence-electron chi connectivity index (χ1n) is 7.64. The molecule has 3 rings (SSSR count). The van der Waals surface area contributed by atoms with Gasteiger partial charge in [-0.1, -0.05) is 48.5 Å². The van der Waals surface area contributed by atoms with Gasteiger partial charge in [0.25, 0.3) is 0 Å². The van der Waals surface area contributed by atoms with Crippen molar-refractivity contribution in [2.24, 2.45) is 11.8 Å². The Bertz CT molecular complexity index is 599. The van der Waals surface area contributed by atoms with Crippen LogP contribution in [0.15, 0.2) is 54.8 Å². The smallest absolute Gasteiger partial charge is 0.0751 e. The average Bonchev–Trinajstić information content (AvgIpc) is 3.24. The Morgan fingerprint density at radius 1 is 1.00 bits per heavy atom. The van der Waals surface area contributed by atoms with E-state index >= 15 is 0 Å². The monoisotopic (exact) mass is 266 g/mol. The molecule has 1 nitrogen and oxygen atoms in total. The zero-order valence-corrected chi connectivity index (χ0v) is 11.8. The normalized spacial score (nSPS) is 21.6. The van der Waals surface area contributed by atoms with E-state index in [1.165, 1.54) is 48.3 Å². The minimum atomic E-state index is 0.895. The second-order valence-corrected chi connectivity index (χ2v) is 5.94. The van der Waals surface area contributed by atoms with Crippen LogP contribution in [0.3, 0.4) is 0 Å². The van der Waals surface area contributed by atoms with Crippen molar-refractivity contribution < 1.29 is 5.11 Å². The molecule has 2 aromatic rings. The molecule has 20 heavy (non-hydrogen) atoms. The van der Waals surface area contributed by atoms with Crippen molar-refractivity contribution in [1.82, 2.24) is 0 Å². The fourth-order valence-electron chi connectivity index (χ4n) is 3.15. The maximum atomic E-state index is 8.62. The summed E-state index contributed by atoms with van der Waals surface area (Å²) in [5.74, 6) is 1.81. The minimum absolute atomic E-state index is 0.895. The highest BCUT2D eigenvalue weighted by Crippen LogP contribution is 2.45. The van der Waals surface area contributed by atoms with E-state index in [0.717, 1.165) is 18.3 Å². The van der Waals surface area contributed by atoms with Gasteiger partial charge in [0.1, 0.15) is 0 Å². The average molecular weight is 266 g/mol. The molecule has 2 atom stereocenters. The van der Waals surface area contributed by atoms with Gasteiger partial charge in [0.2, 0.25) is 0 Å². The van der Waals surface area contributed by atoms with Gasteiger partial charge in [0.15, 0.2) is 0 Å². The van der Waals surface area contributed by atoms with E-state index in [9.17, 15) is 0 Å². The number of rotatable bonds is 6. The van der Waals surface area contributed by atoms with Gasteiger partial charge in [-0.2, -0.15) is 0 Å². The summed E-state index contributed by atoms with van der Waals surface area (Å²) < 4.78 is 0. The van der Waals surface area contributed by atoms with E-state index in [1.807, 2.05) is 6.08 Å². The SMILES string of the molecule is OC=CCCC1CC1CCc1ccc2ccccc2c1. The molecule has 2 unspecified atom stereocenters. The molecule has 1 fully saturated rings. The van der Waals surface area contributed by atoms with Crippen LogP contribution in [0.2, 0.25) is 0 Å². The van der Waals surface area contributed by atoms with Crippen molar-refractivity contribution in [1.29, 1.82) is 0 Å². The summed E-state index contributed by atoms with van der Waals surface area (Å²) in [6, 6.07) is 15.4. The molecular weight excluding hydrogens is 244 g/mol. The van der Waals surface area contributed by atoms with Gasteiger partial charge in [-0.25, -0.2) is 0 Å². The maximum Gasteiger partial charge on any atom is 0.0751 e. The Morgan fingerprint density at radius 3 is 2.65 bits per heavy atom. The Kier molecular flexibility index (Phi) is 4.05. The first-order chi connectivity index (χ1) is 9.86. The molecule has 0 saturated heterocycles. The summed E-state index contributed by atoms with van der Waals surface area (Å²) in [6.07, 6.45) is 9.18. The molecule has 1 aliphatic carbocycles. The van der Waals surface area contributed by atoms with Crippen LogP contribution in [-0.2, 0) is 6.42 Å². The number of benzene rings is 2.